The Morgan fingerprint density at radius 1 is 0.963 bits per heavy atom. The Morgan fingerprint density at radius 3 is 2.22 bits per heavy atom. The van der Waals surface area contributed by atoms with Gasteiger partial charge in [-0.15, -0.1) is 0 Å². The van der Waals surface area contributed by atoms with E-state index in [-0.39, 0.29) is 30.3 Å². The van der Waals surface area contributed by atoms with Crippen molar-refractivity contribution in [2.24, 2.45) is 5.73 Å². The van der Waals surface area contributed by atoms with E-state index in [0.29, 0.717) is 19.4 Å². The van der Waals surface area contributed by atoms with Gasteiger partial charge in [-0.1, -0.05) is 30.3 Å². The van der Waals surface area contributed by atoms with Gasteiger partial charge in [-0.25, -0.2) is 0 Å². The highest BCUT2D eigenvalue weighted by molar-refractivity contribution is 5.87. The van der Waals surface area contributed by atoms with Gasteiger partial charge in [-0.2, -0.15) is 0 Å². The van der Waals surface area contributed by atoms with Gasteiger partial charge in [0.05, 0.1) is 18.6 Å². The molecule has 0 fully saturated rings. The molecule has 27 heavy (non-hydrogen) atoms. The second-order valence-electron chi connectivity index (χ2n) is 6.34. The summed E-state index contributed by atoms with van der Waals surface area (Å²) in [6.07, 6.45) is 2.68. The molecule has 0 saturated carbocycles. The fraction of sp³-hybridized carbons (Fsp3) is 0.526. The second-order valence-corrected chi connectivity index (χ2v) is 6.34. The molecular weight excluding hydrogens is 346 g/mol. The number of rotatable bonds is 13. The molecule has 150 valence electrons. The van der Waals surface area contributed by atoms with Crippen LogP contribution < -0.4 is 27.0 Å². The molecule has 0 aliphatic carbocycles. The quantitative estimate of drug-likeness (QED) is 0.291. The number of carbonyl (C=O) groups excluding carboxylic acids is 3. The van der Waals surface area contributed by atoms with E-state index < -0.39 is 6.04 Å². The summed E-state index contributed by atoms with van der Waals surface area (Å²) in [5, 5.41) is 11.2. The van der Waals surface area contributed by atoms with E-state index in [4.69, 9.17) is 5.73 Å². The molecule has 0 radical (unpaired) electrons. The zero-order valence-electron chi connectivity index (χ0n) is 16.1. The summed E-state index contributed by atoms with van der Waals surface area (Å²) in [7, 11) is 3.41. The minimum atomic E-state index is -0.396. The van der Waals surface area contributed by atoms with Crippen molar-refractivity contribution in [3.8, 4) is 0 Å². The molecule has 8 nitrogen and oxygen atoms in total. The third kappa shape index (κ3) is 9.16. The molecule has 1 aromatic rings. The lowest BCUT2D eigenvalue weighted by atomic mass is 10.1. The van der Waals surface area contributed by atoms with Crippen LogP contribution in [0.5, 0.6) is 0 Å². The zero-order valence-corrected chi connectivity index (χ0v) is 16.1. The van der Waals surface area contributed by atoms with E-state index in [9.17, 15) is 14.4 Å². The van der Waals surface area contributed by atoms with Crippen molar-refractivity contribution in [3.05, 3.63) is 35.9 Å². The van der Waals surface area contributed by atoms with Crippen LogP contribution in [0.4, 0.5) is 0 Å². The van der Waals surface area contributed by atoms with Gasteiger partial charge in [0.1, 0.15) is 0 Å². The van der Waals surface area contributed by atoms with E-state index in [0.717, 1.165) is 18.4 Å². The molecule has 1 rings (SSSR count). The van der Waals surface area contributed by atoms with Gasteiger partial charge in [0.2, 0.25) is 17.7 Å². The maximum atomic E-state index is 12.2. The van der Waals surface area contributed by atoms with Crippen LogP contribution in [0.25, 0.3) is 0 Å². The second kappa shape index (κ2) is 12.8. The zero-order chi connectivity index (χ0) is 20.1. The molecule has 0 aromatic heterocycles. The number of nitrogens with two attached hydrogens (primary N) is 1. The summed E-state index contributed by atoms with van der Waals surface area (Å²) < 4.78 is 0. The molecule has 6 N–H and O–H groups in total. The molecule has 0 aliphatic heterocycles. The summed E-state index contributed by atoms with van der Waals surface area (Å²) in [6.45, 7) is 0.426. The molecule has 3 amide bonds. The molecular formula is C19H31N5O3. The molecule has 8 heteroatoms. The van der Waals surface area contributed by atoms with Gasteiger partial charge in [0, 0.05) is 6.54 Å². The van der Waals surface area contributed by atoms with Gasteiger partial charge < -0.3 is 27.0 Å². The van der Waals surface area contributed by atoms with Gasteiger partial charge in [-0.3, -0.25) is 14.4 Å². The molecule has 0 bridgehead atoms. The lowest BCUT2D eigenvalue weighted by molar-refractivity contribution is -0.127. The Bertz CT molecular complexity index is 594. The smallest absolute Gasteiger partial charge is 0.239 e. The summed E-state index contributed by atoms with van der Waals surface area (Å²) in [6, 6.07) is 8.96. The van der Waals surface area contributed by atoms with E-state index in [1.54, 1.807) is 14.1 Å². The number of amides is 3. The lowest BCUT2D eigenvalue weighted by Gasteiger charge is -2.16. The Morgan fingerprint density at radius 2 is 1.63 bits per heavy atom. The maximum absolute atomic E-state index is 12.2. The van der Waals surface area contributed by atoms with Crippen LogP contribution in [0.1, 0.15) is 24.8 Å². The van der Waals surface area contributed by atoms with Crippen molar-refractivity contribution in [2.75, 3.05) is 27.2 Å². The van der Waals surface area contributed by atoms with Crippen LogP contribution in [0.3, 0.4) is 0 Å². The Hall–Kier alpha value is -2.45. The number of unbranched alkanes of at least 4 members (excludes halogenated alkanes) is 1. The fourth-order valence-corrected chi connectivity index (χ4v) is 2.66. The third-order valence-corrected chi connectivity index (χ3v) is 4.30. The molecule has 0 aliphatic rings. The van der Waals surface area contributed by atoms with Crippen LogP contribution in [0.2, 0.25) is 0 Å². The van der Waals surface area contributed by atoms with E-state index in [1.165, 1.54) is 0 Å². The molecule has 2 atom stereocenters. The highest BCUT2D eigenvalue weighted by Crippen LogP contribution is 2.03. The normalized spacial score (nSPS) is 12.8. The van der Waals surface area contributed by atoms with Gasteiger partial charge in [0.25, 0.3) is 0 Å². The first kappa shape index (κ1) is 22.6. The Labute approximate surface area is 160 Å². The van der Waals surface area contributed by atoms with E-state index >= 15 is 0 Å². The number of nitrogens with one attached hydrogen (secondary N) is 4. The average molecular weight is 377 g/mol. The highest BCUT2D eigenvalue weighted by Gasteiger charge is 2.17. The average Bonchev–Trinajstić information content (AvgIpc) is 2.67. The predicted molar refractivity (Wildman–Crippen MR) is 105 cm³/mol. The summed E-state index contributed by atoms with van der Waals surface area (Å²) in [5.41, 5.74) is 6.29. The molecule has 1 aromatic carbocycles. The van der Waals surface area contributed by atoms with Crippen molar-refractivity contribution >= 4 is 17.7 Å². The lowest BCUT2D eigenvalue weighted by Crippen LogP contribution is -2.47. The van der Waals surface area contributed by atoms with Gasteiger partial charge >= 0.3 is 0 Å². The van der Waals surface area contributed by atoms with E-state index in [2.05, 4.69) is 21.3 Å². The monoisotopic (exact) mass is 377 g/mol. The van der Waals surface area contributed by atoms with Crippen LogP contribution in [-0.4, -0.2) is 57.0 Å². The van der Waals surface area contributed by atoms with Gasteiger partial charge in [0.15, 0.2) is 0 Å². The van der Waals surface area contributed by atoms with Crippen LogP contribution in [0, 0.1) is 0 Å². The molecule has 2 unspecified atom stereocenters. The number of carbonyl (C=O) groups is 3. The predicted octanol–water partition coefficient (Wildman–Crippen LogP) is -0.707. The van der Waals surface area contributed by atoms with Crippen LogP contribution in [-0.2, 0) is 20.8 Å². The summed E-state index contributed by atoms with van der Waals surface area (Å²) in [5.74, 6) is -0.827. The first-order valence-electron chi connectivity index (χ1n) is 9.20. The van der Waals surface area contributed by atoms with Crippen LogP contribution in [0.15, 0.2) is 30.3 Å². The van der Waals surface area contributed by atoms with Crippen LogP contribution >= 0.6 is 0 Å². The first-order valence-corrected chi connectivity index (χ1v) is 9.20. The third-order valence-electron chi connectivity index (χ3n) is 4.30. The molecule has 0 saturated heterocycles. The van der Waals surface area contributed by atoms with E-state index in [1.807, 2.05) is 30.3 Å². The minimum absolute atomic E-state index is 0.0633. The number of likely N-dealkylation sites (N-methyl/N-ethyl adjacent to an activating group) is 2. The summed E-state index contributed by atoms with van der Waals surface area (Å²) >= 11 is 0. The molecule has 0 spiro atoms. The maximum Gasteiger partial charge on any atom is 0.239 e. The minimum Gasteiger partial charge on any atom is -0.368 e. The Kier molecular flexibility index (Phi) is 10.7. The topological polar surface area (TPSA) is 125 Å². The number of hydrogen-bond donors (Lipinski definition) is 5. The van der Waals surface area contributed by atoms with Crippen molar-refractivity contribution < 1.29 is 14.4 Å². The number of primary amides is 1. The number of hydrogen-bond acceptors (Lipinski definition) is 5. The first-order chi connectivity index (χ1) is 13.0. The standard InChI is InChI=1S/C19H31N5O3/c1-21-15(18(20)26)10-6-7-11-23-17(25)13-24-19(27)16(22-2)12-14-8-4-3-5-9-14/h3-5,8-9,15-16,21-22H,6-7,10-13H2,1-2H3,(H2,20,26)(H,23,25)(H,24,27). The van der Waals surface area contributed by atoms with Gasteiger partial charge in [-0.05, 0) is 45.3 Å². The molecule has 0 heterocycles. The SMILES string of the molecule is CNC(CCCCNC(=O)CNC(=O)C(Cc1ccccc1)NC)C(N)=O. The Balaban J connectivity index is 2.22. The number of benzene rings is 1. The summed E-state index contributed by atoms with van der Waals surface area (Å²) in [4.78, 5) is 35.2. The van der Waals surface area contributed by atoms with Crippen molar-refractivity contribution in [2.45, 2.75) is 37.8 Å². The largest absolute Gasteiger partial charge is 0.368 e. The van der Waals surface area contributed by atoms with Crippen molar-refractivity contribution in [1.82, 2.24) is 21.3 Å². The van der Waals surface area contributed by atoms with Crippen molar-refractivity contribution in [1.29, 1.82) is 0 Å². The highest BCUT2D eigenvalue weighted by atomic mass is 16.2. The fourth-order valence-electron chi connectivity index (χ4n) is 2.66. The van der Waals surface area contributed by atoms with Crippen molar-refractivity contribution in [3.63, 3.8) is 0 Å².